The summed E-state index contributed by atoms with van der Waals surface area (Å²) in [5, 5.41) is 4.08. The zero-order chi connectivity index (χ0) is 18.0. The number of halogens is 3. The Morgan fingerprint density at radius 1 is 1.28 bits per heavy atom. The Morgan fingerprint density at radius 3 is 2.68 bits per heavy atom. The number of anilines is 1. The van der Waals surface area contributed by atoms with Crippen LogP contribution in [0.25, 0.3) is 0 Å². The van der Waals surface area contributed by atoms with Crippen molar-refractivity contribution in [2.45, 2.75) is 25.5 Å². The molecule has 25 heavy (non-hydrogen) atoms. The van der Waals surface area contributed by atoms with Crippen molar-refractivity contribution in [1.82, 2.24) is 0 Å². The Morgan fingerprint density at radius 2 is 2.00 bits per heavy atom. The van der Waals surface area contributed by atoms with Crippen molar-refractivity contribution in [3.05, 3.63) is 63.4 Å². The van der Waals surface area contributed by atoms with Crippen LogP contribution in [0.3, 0.4) is 0 Å². The summed E-state index contributed by atoms with van der Waals surface area (Å²) in [6.45, 7) is 1.92. The smallest absolute Gasteiger partial charge is 0.435 e. The molecule has 2 aromatic carbocycles. The minimum absolute atomic E-state index is 0.180. The van der Waals surface area contributed by atoms with Crippen molar-refractivity contribution in [3.8, 4) is 0 Å². The van der Waals surface area contributed by atoms with E-state index in [0.29, 0.717) is 22.2 Å². The Hall–Kier alpha value is -1.98. The second kappa shape index (κ2) is 7.50. The first-order valence-corrected chi connectivity index (χ1v) is 8.58. The van der Waals surface area contributed by atoms with Gasteiger partial charge in [-0.15, -0.1) is 0 Å². The lowest BCUT2D eigenvalue weighted by atomic mass is 9.84. The van der Waals surface area contributed by atoms with E-state index in [2.05, 4.69) is 5.32 Å². The maximum atomic E-state index is 13.3. The van der Waals surface area contributed by atoms with Crippen LogP contribution in [0.2, 0.25) is 10.0 Å². The van der Waals surface area contributed by atoms with Gasteiger partial charge in [-0.1, -0.05) is 35.3 Å². The molecule has 0 amide bonds. The summed E-state index contributed by atoms with van der Waals surface area (Å²) in [5.41, 5.74) is 2.37. The third kappa shape index (κ3) is 3.99. The van der Waals surface area contributed by atoms with Gasteiger partial charge in [-0.2, -0.15) is 0 Å². The van der Waals surface area contributed by atoms with Gasteiger partial charge in [-0.25, -0.2) is 9.18 Å². The fourth-order valence-corrected chi connectivity index (χ4v) is 3.59. The van der Waals surface area contributed by atoms with E-state index in [1.807, 2.05) is 0 Å². The number of carbonyl (C=O) groups is 1. The molecule has 1 aliphatic heterocycles. The number of ether oxygens (including phenoxy) is 2. The minimum atomic E-state index is -0.755. The maximum absolute atomic E-state index is 13.3. The first-order valence-electron chi connectivity index (χ1n) is 7.82. The summed E-state index contributed by atoms with van der Waals surface area (Å²) < 4.78 is 23.4. The quantitative estimate of drug-likeness (QED) is 0.702. The van der Waals surface area contributed by atoms with E-state index in [4.69, 9.17) is 32.7 Å². The molecule has 0 bridgehead atoms. The van der Waals surface area contributed by atoms with Crippen LogP contribution in [-0.2, 0) is 9.47 Å². The summed E-state index contributed by atoms with van der Waals surface area (Å²) in [5.74, 6) is -0.500. The number of nitrogens with one attached hydrogen (secondary N) is 1. The number of rotatable bonds is 3. The normalized spacial score (nSPS) is 18.9. The maximum Gasteiger partial charge on any atom is 0.510 e. The third-order valence-electron chi connectivity index (χ3n) is 3.98. The largest absolute Gasteiger partial charge is 0.510 e. The Labute approximate surface area is 154 Å². The van der Waals surface area contributed by atoms with Crippen LogP contribution in [0, 0.1) is 5.82 Å². The second-order valence-corrected chi connectivity index (χ2v) is 6.47. The first kappa shape index (κ1) is 17.8. The standard InChI is InChI=1S/C18H16Cl2FNO3/c1-2-24-18(23)25-16-9-13(10-3-5-12(21)6-4-10)17-14(20)7-11(19)8-15(17)22-16/h3-8,13,16,22H,2,9H2,1H3. The van der Waals surface area contributed by atoms with Gasteiger partial charge >= 0.3 is 6.16 Å². The van der Waals surface area contributed by atoms with E-state index in [1.165, 1.54) is 12.1 Å². The molecule has 1 aliphatic rings. The van der Waals surface area contributed by atoms with Crippen LogP contribution in [0.15, 0.2) is 36.4 Å². The van der Waals surface area contributed by atoms with Crippen molar-refractivity contribution >= 4 is 35.0 Å². The molecule has 132 valence electrons. The van der Waals surface area contributed by atoms with Gasteiger partial charge in [-0.3, -0.25) is 0 Å². The molecule has 0 radical (unpaired) electrons. The predicted molar refractivity (Wildman–Crippen MR) is 94.8 cm³/mol. The summed E-state index contributed by atoms with van der Waals surface area (Å²) in [6.07, 6.45) is -0.940. The van der Waals surface area contributed by atoms with Crippen LogP contribution in [-0.4, -0.2) is 19.0 Å². The lowest BCUT2D eigenvalue weighted by molar-refractivity contribution is 0.0302. The van der Waals surface area contributed by atoms with Crippen molar-refractivity contribution in [2.24, 2.45) is 0 Å². The molecule has 0 aromatic heterocycles. The molecule has 1 N–H and O–H groups in total. The van der Waals surface area contributed by atoms with Crippen molar-refractivity contribution in [3.63, 3.8) is 0 Å². The molecule has 7 heteroatoms. The molecule has 0 fully saturated rings. The topological polar surface area (TPSA) is 47.6 Å². The molecular formula is C18H16Cl2FNO3. The zero-order valence-corrected chi connectivity index (χ0v) is 14.9. The van der Waals surface area contributed by atoms with Crippen LogP contribution in [0.5, 0.6) is 0 Å². The minimum Gasteiger partial charge on any atom is -0.435 e. The van der Waals surface area contributed by atoms with Gasteiger partial charge in [0.1, 0.15) is 5.82 Å². The lowest BCUT2D eigenvalue weighted by Crippen LogP contribution is -2.33. The van der Waals surface area contributed by atoms with E-state index < -0.39 is 12.4 Å². The monoisotopic (exact) mass is 383 g/mol. The van der Waals surface area contributed by atoms with E-state index >= 15 is 0 Å². The molecule has 2 unspecified atom stereocenters. The summed E-state index contributed by atoms with van der Waals surface area (Å²) >= 11 is 12.5. The molecular weight excluding hydrogens is 368 g/mol. The number of carbonyl (C=O) groups excluding carboxylic acids is 1. The molecule has 0 saturated carbocycles. The molecule has 2 aromatic rings. The highest BCUT2D eigenvalue weighted by Gasteiger charge is 2.32. The average molecular weight is 384 g/mol. The molecule has 0 spiro atoms. The van der Waals surface area contributed by atoms with Crippen molar-refractivity contribution in [1.29, 1.82) is 0 Å². The number of hydrogen-bond donors (Lipinski definition) is 1. The number of hydrogen-bond acceptors (Lipinski definition) is 4. The highest BCUT2D eigenvalue weighted by Crippen LogP contribution is 2.44. The van der Waals surface area contributed by atoms with Gasteiger partial charge in [0.05, 0.1) is 6.61 Å². The van der Waals surface area contributed by atoms with Crippen LogP contribution >= 0.6 is 23.2 Å². The van der Waals surface area contributed by atoms with E-state index in [9.17, 15) is 9.18 Å². The van der Waals surface area contributed by atoms with Crippen LogP contribution < -0.4 is 5.32 Å². The fraction of sp³-hybridized carbons (Fsp3) is 0.278. The number of benzene rings is 2. The summed E-state index contributed by atoms with van der Waals surface area (Å²) in [6, 6.07) is 9.56. The molecule has 4 nitrogen and oxygen atoms in total. The molecule has 1 heterocycles. The molecule has 3 rings (SSSR count). The van der Waals surface area contributed by atoms with Gasteiger partial charge in [0, 0.05) is 33.6 Å². The van der Waals surface area contributed by atoms with Crippen molar-refractivity contribution in [2.75, 3.05) is 11.9 Å². The van der Waals surface area contributed by atoms with Gasteiger partial charge in [0.25, 0.3) is 0 Å². The Kier molecular flexibility index (Phi) is 5.35. The van der Waals surface area contributed by atoms with Gasteiger partial charge in [-0.05, 0) is 36.8 Å². The second-order valence-electron chi connectivity index (χ2n) is 5.62. The number of fused-ring (bicyclic) bond motifs is 1. The fourth-order valence-electron chi connectivity index (χ4n) is 2.97. The molecule has 2 atom stereocenters. The average Bonchev–Trinajstić information content (AvgIpc) is 2.54. The third-order valence-corrected chi connectivity index (χ3v) is 4.51. The lowest BCUT2D eigenvalue weighted by Gasteiger charge is -2.33. The van der Waals surface area contributed by atoms with Crippen LogP contribution in [0.1, 0.15) is 30.4 Å². The Balaban J connectivity index is 1.98. The zero-order valence-electron chi connectivity index (χ0n) is 13.4. The molecule has 0 saturated heterocycles. The highest BCUT2D eigenvalue weighted by molar-refractivity contribution is 6.35. The summed E-state index contributed by atoms with van der Waals surface area (Å²) in [7, 11) is 0. The van der Waals surface area contributed by atoms with Crippen molar-refractivity contribution < 1.29 is 18.7 Å². The molecule has 0 aliphatic carbocycles. The van der Waals surface area contributed by atoms with Gasteiger partial charge < -0.3 is 14.8 Å². The predicted octanol–water partition coefficient (Wildman–Crippen LogP) is 5.58. The summed E-state index contributed by atoms with van der Waals surface area (Å²) in [4.78, 5) is 11.7. The first-order chi connectivity index (χ1) is 12.0. The van der Waals surface area contributed by atoms with Gasteiger partial charge in [0.2, 0.25) is 0 Å². The van der Waals surface area contributed by atoms with Gasteiger partial charge in [0.15, 0.2) is 6.23 Å². The van der Waals surface area contributed by atoms with E-state index in [-0.39, 0.29) is 18.3 Å². The van der Waals surface area contributed by atoms with E-state index in [1.54, 1.807) is 31.2 Å². The van der Waals surface area contributed by atoms with E-state index in [0.717, 1.165) is 11.1 Å². The highest BCUT2D eigenvalue weighted by atomic mass is 35.5. The van der Waals surface area contributed by atoms with Crippen LogP contribution in [0.4, 0.5) is 14.9 Å². The SMILES string of the molecule is CCOC(=O)OC1CC(c2ccc(F)cc2)c2c(Cl)cc(Cl)cc2N1. The Bertz CT molecular complexity index is 783.